The van der Waals surface area contributed by atoms with Gasteiger partial charge in [-0.25, -0.2) is 0 Å². The van der Waals surface area contributed by atoms with Crippen LogP contribution in [0.25, 0.3) is 11.1 Å². The van der Waals surface area contributed by atoms with E-state index in [1.807, 2.05) is 0 Å². The molecule has 2 rings (SSSR count). The van der Waals surface area contributed by atoms with E-state index in [2.05, 4.69) is 0 Å². The maximum absolute atomic E-state index is 11.0. The molecule has 4 nitrogen and oxygen atoms in total. The molecule has 0 heterocycles. The third kappa shape index (κ3) is 2.08. The highest BCUT2D eigenvalue weighted by Crippen LogP contribution is 2.31. The minimum atomic E-state index is -0.0178. The fourth-order valence-corrected chi connectivity index (χ4v) is 1.76. The van der Waals surface area contributed by atoms with E-state index in [9.17, 15) is 19.8 Å². The van der Waals surface area contributed by atoms with E-state index in [0.29, 0.717) is 34.8 Å². The van der Waals surface area contributed by atoms with Crippen molar-refractivity contribution < 1.29 is 19.8 Å². The quantitative estimate of drug-likeness (QED) is 0.810. The molecular weight excluding hydrogens is 232 g/mol. The van der Waals surface area contributed by atoms with Crippen LogP contribution in [0, 0.1) is 0 Å². The second-order valence-electron chi connectivity index (χ2n) is 3.78. The van der Waals surface area contributed by atoms with Crippen molar-refractivity contribution in [2.24, 2.45) is 0 Å². The first-order valence-corrected chi connectivity index (χ1v) is 5.22. The highest BCUT2D eigenvalue weighted by Gasteiger charge is 2.11. The largest absolute Gasteiger partial charge is 0.508 e. The highest BCUT2D eigenvalue weighted by atomic mass is 16.3. The Labute approximate surface area is 103 Å². The second-order valence-corrected chi connectivity index (χ2v) is 3.78. The van der Waals surface area contributed by atoms with Gasteiger partial charge in [0.15, 0.2) is 12.6 Å². The van der Waals surface area contributed by atoms with Crippen molar-refractivity contribution in [1.29, 1.82) is 0 Å². The van der Waals surface area contributed by atoms with Crippen LogP contribution in [0.2, 0.25) is 0 Å². The van der Waals surface area contributed by atoms with Crippen LogP contribution in [0.15, 0.2) is 36.4 Å². The molecule has 0 amide bonds. The first-order chi connectivity index (χ1) is 8.65. The van der Waals surface area contributed by atoms with E-state index in [1.54, 1.807) is 0 Å². The summed E-state index contributed by atoms with van der Waals surface area (Å²) in [5, 5.41) is 18.9. The summed E-state index contributed by atoms with van der Waals surface area (Å²) >= 11 is 0. The van der Waals surface area contributed by atoms with Crippen LogP contribution in [-0.4, -0.2) is 22.8 Å². The fourth-order valence-electron chi connectivity index (χ4n) is 1.76. The van der Waals surface area contributed by atoms with Crippen molar-refractivity contribution in [1.82, 2.24) is 0 Å². The van der Waals surface area contributed by atoms with E-state index >= 15 is 0 Å². The zero-order valence-corrected chi connectivity index (χ0v) is 9.33. The molecule has 0 aliphatic carbocycles. The topological polar surface area (TPSA) is 74.6 Å². The molecule has 0 aromatic heterocycles. The van der Waals surface area contributed by atoms with Gasteiger partial charge in [-0.2, -0.15) is 0 Å². The normalized spacial score (nSPS) is 10.0. The van der Waals surface area contributed by atoms with Crippen LogP contribution in [-0.2, 0) is 0 Å². The Kier molecular flexibility index (Phi) is 3.10. The molecule has 0 unspecified atom stereocenters. The van der Waals surface area contributed by atoms with Crippen LogP contribution in [0.4, 0.5) is 0 Å². The number of hydrogen-bond acceptors (Lipinski definition) is 4. The highest BCUT2D eigenvalue weighted by molar-refractivity contribution is 5.95. The number of rotatable bonds is 3. The molecule has 0 fully saturated rings. The Hall–Kier alpha value is -2.62. The maximum atomic E-state index is 11.0. The van der Waals surface area contributed by atoms with Crippen LogP contribution in [0.5, 0.6) is 11.5 Å². The average Bonchev–Trinajstić information content (AvgIpc) is 2.38. The van der Waals surface area contributed by atoms with Gasteiger partial charge >= 0.3 is 0 Å². The molecule has 0 saturated heterocycles. The van der Waals surface area contributed by atoms with Crippen molar-refractivity contribution in [3.05, 3.63) is 47.5 Å². The van der Waals surface area contributed by atoms with Gasteiger partial charge in [-0.1, -0.05) is 0 Å². The molecular formula is C14H10O4. The molecule has 0 aliphatic heterocycles. The van der Waals surface area contributed by atoms with Crippen LogP contribution in [0.3, 0.4) is 0 Å². The van der Waals surface area contributed by atoms with Crippen LogP contribution < -0.4 is 0 Å². The monoisotopic (exact) mass is 242 g/mol. The molecule has 0 atom stereocenters. The lowest BCUT2D eigenvalue weighted by Crippen LogP contribution is -1.92. The number of aldehydes is 2. The number of phenols is 2. The van der Waals surface area contributed by atoms with Gasteiger partial charge in [0.05, 0.1) is 0 Å². The van der Waals surface area contributed by atoms with E-state index in [-0.39, 0.29) is 11.5 Å². The molecule has 0 bridgehead atoms. The number of hydrogen-bond donors (Lipinski definition) is 2. The Morgan fingerprint density at radius 3 is 1.44 bits per heavy atom. The third-order valence-electron chi connectivity index (χ3n) is 2.62. The van der Waals surface area contributed by atoms with Gasteiger partial charge in [-0.05, 0) is 47.5 Å². The molecule has 2 aromatic carbocycles. The molecule has 4 heteroatoms. The first-order valence-electron chi connectivity index (χ1n) is 5.22. The molecule has 2 N–H and O–H groups in total. The summed E-state index contributed by atoms with van der Waals surface area (Å²) in [6, 6.07) is 8.44. The summed E-state index contributed by atoms with van der Waals surface area (Å²) in [6.07, 6.45) is 1.26. The lowest BCUT2D eigenvalue weighted by molar-refractivity contribution is 0.111. The van der Waals surface area contributed by atoms with Crippen molar-refractivity contribution >= 4 is 12.6 Å². The van der Waals surface area contributed by atoms with E-state index in [1.165, 1.54) is 36.4 Å². The number of carbonyl (C=O) groups excluding carboxylic acids is 2. The van der Waals surface area contributed by atoms with Gasteiger partial charge in [0, 0.05) is 11.1 Å². The predicted octanol–water partition coefficient (Wildman–Crippen LogP) is 2.39. The molecule has 18 heavy (non-hydrogen) atoms. The third-order valence-corrected chi connectivity index (χ3v) is 2.62. The lowest BCUT2D eigenvalue weighted by atomic mass is 9.96. The standard InChI is InChI=1S/C14H10O4/c15-7-9-1-3-11(17)5-13(9)14-6-12(18)4-2-10(14)8-16/h1-8,17-18H. The van der Waals surface area contributed by atoms with E-state index < -0.39 is 0 Å². The van der Waals surface area contributed by atoms with Crippen molar-refractivity contribution in [2.45, 2.75) is 0 Å². The Morgan fingerprint density at radius 1 is 0.722 bits per heavy atom. The van der Waals surface area contributed by atoms with Crippen molar-refractivity contribution in [2.75, 3.05) is 0 Å². The Bertz CT molecular complexity index is 562. The van der Waals surface area contributed by atoms with Gasteiger partial charge in [-0.3, -0.25) is 9.59 Å². The number of aromatic hydroxyl groups is 2. The summed E-state index contributed by atoms with van der Waals surface area (Å²) < 4.78 is 0. The molecule has 0 saturated carbocycles. The number of phenolic OH excluding ortho intramolecular Hbond substituents is 2. The minimum Gasteiger partial charge on any atom is -0.508 e. The van der Waals surface area contributed by atoms with Crippen molar-refractivity contribution in [3.63, 3.8) is 0 Å². The smallest absolute Gasteiger partial charge is 0.150 e. The molecule has 0 aliphatic rings. The number of carbonyl (C=O) groups is 2. The molecule has 0 spiro atoms. The summed E-state index contributed by atoms with van der Waals surface area (Å²) in [4.78, 5) is 21.9. The minimum absolute atomic E-state index is 0.0178. The van der Waals surface area contributed by atoms with Crippen LogP contribution >= 0.6 is 0 Å². The number of benzene rings is 2. The van der Waals surface area contributed by atoms with E-state index in [4.69, 9.17) is 0 Å². The van der Waals surface area contributed by atoms with Gasteiger partial charge < -0.3 is 10.2 Å². The summed E-state index contributed by atoms with van der Waals surface area (Å²) in [7, 11) is 0. The van der Waals surface area contributed by atoms with Crippen LogP contribution in [0.1, 0.15) is 20.7 Å². The Balaban J connectivity index is 2.74. The van der Waals surface area contributed by atoms with Crippen molar-refractivity contribution in [3.8, 4) is 22.6 Å². The Morgan fingerprint density at radius 2 is 1.11 bits per heavy atom. The van der Waals surface area contributed by atoms with E-state index in [0.717, 1.165) is 0 Å². The summed E-state index contributed by atoms with van der Waals surface area (Å²) in [5.41, 5.74) is 1.48. The van der Waals surface area contributed by atoms with Gasteiger partial charge in [0.2, 0.25) is 0 Å². The zero-order valence-electron chi connectivity index (χ0n) is 9.33. The maximum Gasteiger partial charge on any atom is 0.150 e. The summed E-state index contributed by atoms with van der Waals surface area (Å²) in [6.45, 7) is 0. The molecule has 0 radical (unpaired) electrons. The van der Waals surface area contributed by atoms with Gasteiger partial charge in [0.25, 0.3) is 0 Å². The molecule has 2 aromatic rings. The average molecular weight is 242 g/mol. The first kappa shape index (κ1) is 11.9. The fraction of sp³-hybridized carbons (Fsp3) is 0. The molecule has 90 valence electrons. The SMILES string of the molecule is O=Cc1ccc(O)cc1-c1cc(O)ccc1C=O. The van der Waals surface area contributed by atoms with Gasteiger partial charge in [0.1, 0.15) is 11.5 Å². The second kappa shape index (κ2) is 4.71. The lowest BCUT2D eigenvalue weighted by Gasteiger charge is -2.09. The summed E-state index contributed by atoms with van der Waals surface area (Å²) in [5.74, 6) is -0.0356. The predicted molar refractivity (Wildman–Crippen MR) is 66.0 cm³/mol. The zero-order chi connectivity index (χ0) is 13.1. The van der Waals surface area contributed by atoms with Gasteiger partial charge in [-0.15, -0.1) is 0 Å².